The van der Waals surface area contributed by atoms with Gasteiger partial charge in [0, 0.05) is 22.5 Å². The zero-order valence-corrected chi connectivity index (χ0v) is 9.50. The second kappa shape index (κ2) is 5.62. The van der Waals surface area contributed by atoms with Gasteiger partial charge in [-0.3, -0.25) is 0 Å². The molecule has 0 saturated heterocycles. The summed E-state index contributed by atoms with van der Waals surface area (Å²) in [4.78, 5) is 0. The van der Waals surface area contributed by atoms with Crippen LogP contribution in [-0.4, -0.2) is 12.3 Å². The quantitative estimate of drug-likeness (QED) is 0.846. The fraction of sp³-hybridized carbons (Fsp3) is 0.333. The molecule has 2 N–H and O–H groups in total. The lowest BCUT2D eigenvalue weighted by Gasteiger charge is -2.02. The van der Waals surface area contributed by atoms with E-state index in [2.05, 4.69) is 15.9 Å². The molecule has 0 aromatic heterocycles. The first-order valence-electron chi connectivity index (χ1n) is 3.96. The van der Waals surface area contributed by atoms with Crippen LogP contribution in [0.3, 0.4) is 0 Å². The van der Waals surface area contributed by atoms with Gasteiger partial charge in [-0.15, -0.1) is 0 Å². The van der Waals surface area contributed by atoms with Crippen molar-refractivity contribution >= 4 is 27.7 Å². The van der Waals surface area contributed by atoms with E-state index in [-0.39, 0.29) is 5.82 Å². The summed E-state index contributed by atoms with van der Waals surface area (Å²) in [7, 11) is 0. The van der Waals surface area contributed by atoms with E-state index in [9.17, 15) is 4.39 Å². The molecule has 0 unspecified atom stereocenters. The molecule has 0 aliphatic rings. The van der Waals surface area contributed by atoms with Gasteiger partial charge < -0.3 is 5.73 Å². The third-order valence-corrected chi connectivity index (χ3v) is 3.07. The number of rotatable bonds is 4. The third kappa shape index (κ3) is 3.67. The molecule has 1 rings (SSSR count). The van der Waals surface area contributed by atoms with Gasteiger partial charge in [-0.05, 0) is 17.7 Å². The standard InChI is InChI=1S/C9H11BrFNS/c10-8-2-1-7(9(11)5-8)6-13-4-3-12/h1-2,5H,3-4,6,12H2. The number of thioether (sulfide) groups is 1. The summed E-state index contributed by atoms with van der Waals surface area (Å²) in [5, 5.41) is 0. The normalized spacial score (nSPS) is 10.4. The summed E-state index contributed by atoms with van der Waals surface area (Å²) in [5.74, 6) is 1.41. The van der Waals surface area contributed by atoms with Gasteiger partial charge in [0.1, 0.15) is 5.82 Å². The van der Waals surface area contributed by atoms with Gasteiger partial charge in [-0.2, -0.15) is 11.8 Å². The monoisotopic (exact) mass is 263 g/mol. The van der Waals surface area contributed by atoms with Crippen LogP contribution in [0.25, 0.3) is 0 Å². The minimum Gasteiger partial charge on any atom is -0.330 e. The van der Waals surface area contributed by atoms with E-state index >= 15 is 0 Å². The molecule has 0 atom stereocenters. The van der Waals surface area contributed by atoms with Gasteiger partial charge in [0.05, 0.1) is 0 Å². The number of nitrogens with two attached hydrogens (primary N) is 1. The first-order chi connectivity index (χ1) is 6.24. The maximum atomic E-state index is 13.2. The molecule has 0 bridgehead atoms. The molecule has 0 heterocycles. The lowest BCUT2D eigenvalue weighted by atomic mass is 10.2. The summed E-state index contributed by atoms with van der Waals surface area (Å²) >= 11 is 4.86. The molecule has 72 valence electrons. The van der Waals surface area contributed by atoms with E-state index < -0.39 is 0 Å². The van der Waals surface area contributed by atoms with Crippen LogP contribution in [0.15, 0.2) is 22.7 Å². The Kier molecular flexibility index (Phi) is 4.77. The summed E-state index contributed by atoms with van der Waals surface area (Å²) in [5.41, 5.74) is 6.07. The van der Waals surface area contributed by atoms with Crippen LogP contribution in [0.1, 0.15) is 5.56 Å². The Morgan fingerprint density at radius 1 is 1.46 bits per heavy atom. The highest BCUT2D eigenvalue weighted by Gasteiger charge is 2.01. The van der Waals surface area contributed by atoms with Crippen molar-refractivity contribution in [3.05, 3.63) is 34.1 Å². The number of benzene rings is 1. The molecule has 13 heavy (non-hydrogen) atoms. The molecule has 0 amide bonds. The zero-order valence-electron chi connectivity index (χ0n) is 7.09. The zero-order chi connectivity index (χ0) is 9.68. The lowest BCUT2D eigenvalue weighted by molar-refractivity contribution is 0.616. The molecule has 0 saturated carbocycles. The maximum Gasteiger partial charge on any atom is 0.128 e. The SMILES string of the molecule is NCCSCc1ccc(Br)cc1F. The molecule has 0 fully saturated rings. The molecular weight excluding hydrogens is 253 g/mol. The Labute approximate surface area is 90.0 Å². The van der Waals surface area contributed by atoms with Gasteiger partial charge >= 0.3 is 0 Å². The summed E-state index contributed by atoms with van der Waals surface area (Å²) < 4.78 is 14.0. The largest absolute Gasteiger partial charge is 0.330 e. The second-order valence-corrected chi connectivity index (χ2v) is 4.60. The van der Waals surface area contributed by atoms with Crippen molar-refractivity contribution in [2.45, 2.75) is 5.75 Å². The Hall–Kier alpha value is -0.0600. The average Bonchev–Trinajstić information content (AvgIpc) is 2.09. The molecule has 4 heteroatoms. The highest BCUT2D eigenvalue weighted by molar-refractivity contribution is 9.10. The van der Waals surface area contributed by atoms with Crippen molar-refractivity contribution in [1.29, 1.82) is 0 Å². The Balaban J connectivity index is 2.56. The van der Waals surface area contributed by atoms with Crippen LogP contribution in [0.2, 0.25) is 0 Å². The van der Waals surface area contributed by atoms with Crippen LogP contribution < -0.4 is 5.73 Å². The predicted octanol–water partition coefficient (Wildman–Crippen LogP) is 2.78. The number of halogens is 2. The van der Waals surface area contributed by atoms with E-state index in [1.807, 2.05) is 6.07 Å². The van der Waals surface area contributed by atoms with Crippen molar-refractivity contribution in [2.24, 2.45) is 5.73 Å². The van der Waals surface area contributed by atoms with E-state index in [1.54, 1.807) is 17.8 Å². The maximum absolute atomic E-state index is 13.2. The summed E-state index contributed by atoms with van der Waals surface area (Å²) in [6, 6.07) is 5.13. The second-order valence-electron chi connectivity index (χ2n) is 2.58. The highest BCUT2D eigenvalue weighted by atomic mass is 79.9. The highest BCUT2D eigenvalue weighted by Crippen LogP contribution is 2.19. The molecule has 0 spiro atoms. The van der Waals surface area contributed by atoms with Crippen molar-refractivity contribution in [2.75, 3.05) is 12.3 Å². The van der Waals surface area contributed by atoms with Crippen molar-refractivity contribution < 1.29 is 4.39 Å². The fourth-order valence-corrected chi connectivity index (χ4v) is 2.00. The molecule has 1 aromatic rings. The van der Waals surface area contributed by atoms with Gasteiger partial charge in [0.25, 0.3) is 0 Å². The average molecular weight is 264 g/mol. The first kappa shape index (κ1) is 11.0. The topological polar surface area (TPSA) is 26.0 Å². The Morgan fingerprint density at radius 2 is 2.23 bits per heavy atom. The van der Waals surface area contributed by atoms with E-state index in [0.717, 1.165) is 15.8 Å². The van der Waals surface area contributed by atoms with Crippen molar-refractivity contribution in [3.8, 4) is 0 Å². The molecule has 1 nitrogen and oxygen atoms in total. The first-order valence-corrected chi connectivity index (χ1v) is 5.90. The van der Waals surface area contributed by atoms with Crippen LogP contribution in [0.5, 0.6) is 0 Å². The van der Waals surface area contributed by atoms with E-state index in [0.29, 0.717) is 12.3 Å². The smallest absolute Gasteiger partial charge is 0.128 e. The van der Waals surface area contributed by atoms with Gasteiger partial charge in [-0.25, -0.2) is 4.39 Å². The number of hydrogen-bond acceptors (Lipinski definition) is 2. The predicted molar refractivity (Wildman–Crippen MR) is 59.3 cm³/mol. The van der Waals surface area contributed by atoms with Crippen LogP contribution >= 0.6 is 27.7 Å². The van der Waals surface area contributed by atoms with E-state index in [1.165, 1.54) is 6.07 Å². The third-order valence-electron chi connectivity index (χ3n) is 1.53. The Bertz CT molecular complexity index is 280. The van der Waals surface area contributed by atoms with Crippen LogP contribution in [-0.2, 0) is 5.75 Å². The summed E-state index contributed by atoms with van der Waals surface area (Å²) in [6.07, 6.45) is 0. The van der Waals surface area contributed by atoms with Crippen LogP contribution in [0, 0.1) is 5.82 Å². The van der Waals surface area contributed by atoms with Gasteiger partial charge in [-0.1, -0.05) is 22.0 Å². The molecule has 0 radical (unpaired) electrons. The molecule has 1 aromatic carbocycles. The lowest BCUT2D eigenvalue weighted by Crippen LogP contribution is -2.01. The van der Waals surface area contributed by atoms with E-state index in [4.69, 9.17) is 5.73 Å². The minimum atomic E-state index is -0.154. The molecule has 0 aliphatic carbocycles. The fourth-order valence-electron chi connectivity index (χ4n) is 0.904. The summed E-state index contributed by atoms with van der Waals surface area (Å²) in [6.45, 7) is 0.642. The van der Waals surface area contributed by atoms with Crippen molar-refractivity contribution in [1.82, 2.24) is 0 Å². The molecular formula is C9H11BrFNS. The van der Waals surface area contributed by atoms with Gasteiger partial charge in [0.2, 0.25) is 0 Å². The van der Waals surface area contributed by atoms with Crippen molar-refractivity contribution in [3.63, 3.8) is 0 Å². The Morgan fingerprint density at radius 3 is 2.85 bits per heavy atom. The minimum absolute atomic E-state index is 0.154. The number of hydrogen-bond donors (Lipinski definition) is 1. The molecule has 0 aliphatic heterocycles. The van der Waals surface area contributed by atoms with Crippen LogP contribution in [0.4, 0.5) is 4.39 Å². The van der Waals surface area contributed by atoms with Gasteiger partial charge in [0.15, 0.2) is 0 Å².